The highest BCUT2D eigenvalue weighted by Gasteiger charge is 1.89. The van der Waals surface area contributed by atoms with Gasteiger partial charge in [-0.25, -0.2) is 0 Å². The molecule has 0 aliphatic heterocycles. The lowest BCUT2D eigenvalue weighted by Gasteiger charge is -1.92. The van der Waals surface area contributed by atoms with Gasteiger partial charge in [-0.3, -0.25) is 4.79 Å². The number of nitrogens with one attached hydrogen (secondary N) is 1. The number of thiocarbonyl (C=S) groups is 1. The zero-order valence-electron chi connectivity index (χ0n) is 8.46. The maximum absolute atomic E-state index is 9.98. The van der Waals surface area contributed by atoms with Crippen molar-refractivity contribution in [1.82, 2.24) is 5.32 Å². The number of rotatable bonds is 0. The van der Waals surface area contributed by atoms with E-state index in [1.54, 1.807) is 12.1 Å². The van der Waals surface area contributed by atoms with Crippen molar-refractivity contribution in [3.63, 3.8) is 0 Å². The molecule has 0 aliphatic rings. The summed E-state index contributed by atoms with van der Waals surface area (Å²) in [5, 5.41) is 3.41. The minimum Gasteiger partial charge on any atom is -0.412 e. The van der Waals surface area contributed by atoms with Crippen molar-refractivity contribution in [3.8, 4) is 0 Å². The third kappa shape index (κ3) is 9.67. The second kappa shape index (κ2) is 9.35. The van der Waals surface area contributed by atoms with Gasteiger partial charge in [0, 0.05) is 6.92 Å². The van der Waals surface area contributed by atoms with Crippen molar-refractivity contribution in [2.45, 2.75) is 6.92 Å². The van der Waals surface area contributed by atoms with Gasteiger partial charge in [0.25, 0.3) is 0 Å². The molecule has 0 heterocycles. The molecule has 0 saturated carbocycles. The summed E-state index contributed by atoms with van der Waals surface area (Å²) in [5.74, 6) is -0.229. The van der Waals surface area contributed by atoms with Crippen LogP contribution in [-0.2, 0) is 4.79 Å². The Morgan fingerprint density at radius 1 is 1.31 bits per heavy atom. The summed E-state index contributed by atoms with van der Waals surface area (Å²) in [5.41, 5.74) is 4.89. The van der Waals surface area contributed by atoms with Crippen LogP contribution in [0.3, 0.4) is 0 Å². The first-order valence-corrected chi connectivity index (χ1v) is 5.07. The van der Waals surface area contributed by atoms with E-state index in [1.807, 2.05) is 12.1 Å². The van der Waals surface area contributed by atoms with Crippen LogP contribution in [0.25, 0.3) is 0 Å². The van der Waals surface area contributed by atoms with E-state index < -0.39 is 0 Å². The number of benzene rings is 1. The number of carbonyl (C=O) groups is 1. The molecule has 0 atom stereocenters. The van der Waals surface area contributed by atoms with Gasteiger partial charge in [-0.2, -0.15) is 0 Å². The van der Waals surface area contributed by atoms with Crippen molar-refractivity contribution < 1.29 is 10.3 Å². The molecule has 0 bridgehead atoms. The van der Waals surface area contributed by atoms with Gasteiger partial charge in [-0.15, -0.1) is 0 Å². The number of nitrogens with two attached hydrogens (primary N) is 1. The predicted molar refractivity (Wildman–Crippen MR) is 70.7 cm³/mol. The van der Waals surface area contributed by atoms with Crippen LogP contribution in [0.4, 0.5) is 0 Å². The van der Waals surface area contributed by atoms with Crippen LogP contribution in [0.15, 0.2) is 24.3 Å². The third-order valence-electron chi connectivity index (χ3n) is 1.12. The quantitative estimate of drug-likeness (QED) is 0.708. The molecule has 1 rings (SSSR count). The van der Waals surface area contributed by atoms with E-state index in [0.29, 0.717) is 10.0 Å². The van der Waals surface area contributed by atoms with E-state index in [4.69, 9.17) is 28.9 Å². The molecule has 1 aromatic carbocycles. The predicted octanol–water partition coefficient (Wildman–Crippen LogP) is 1.53. The van der Waals surface area contributed by atoms with Crippen LogP contribution in [0.2, 0.25) is 10.0 Å². The second-order valence-corrected chi connectivity index (χ2v) is 3.71. The molecule has 7 heteroatoms. The lowest BCUT2D eigenvalue weighted by molar-refractivity contribution is -0.117. The van der Waals surface area contributed by atoms with Gasteiger partial charge in [0.2, 0.25) is 5.91 Å². The SMILES string of the molecule is CC(=O)NC(N)=S.Clc1ccccc1Cl.O. The number of halogens is 2. The fourth-order valence-corrected chi connectivity index (χ4v) is 1.03. The van der Waals surface area contributed by atoms with Crippen molar-refractivity contribution in [2.75, 3.05) is 0 Å². The Morgan fingerprint density at radius 2 is 1.69 bits per heavy atom. The lowest BCUT2D eigenvalue weighted by atomic mass is 10.4. The molecular weight excluding hydrogens is 271 g/mol. The van der Waals surface area contributed by atoms with E-state index in [-0.39, 0.29) is 16.5 Å². The molecular formula is C9H12Cl2N2O2S. The van der Waals surface area contributed by atoms with Crippen LogP contribution in [0.1, 0.15) is 6.92 Å². The fraction of sp³-hybridized carbons (Fsp3) is 0.111. The van der Waals surface area contributed by atoms with Gasteiger partial charge in [0.05, 0.1) is 10.0 Å². The molecule has 1 amide bonds. The van der Waals surface area contributed by atoms with E-state index in [1.165, 1.54) is 6.92 Å². The molecule has 90 valence electrons. The van der Waals surface area contributed by atoms with Crippen LogP contribution in [0, 0.1) is 0 Å². The number of hydrogen-bond donors (Lipinski definition) is 2. The highest BCUT2D eigenvalue weighted by molar-refractivity contribution is 7.80. The molecule has 0 unspecified atom stereocenters. The van der Waals surface area contributed by atoms with Crippen LogP contribution in [-0.4, -0.2) is 16.5 Å². The number of hydrogen-bond acceptors (Lipinski definition) is 2. The summed E-state index contributed by atoms with van der Waals surface area (Å²) in [6.07, 6.45) is 0. The maximum Gasteiger partial charge on any atom is 0.222 e. The Kier molecular flexibility index (Phi) is 10.2. The van der Waals surface area contributed by atoms with Gasteiger partial charge in [-0.05, 0) is 24.4 Å². The van der Waals surface area contributed by atoms with Crippen molar-refractivity contribution in [1.29, 1.82) is 0 Å². The average molecular weight is 283 g/mol. The Hall–Kier alpha value is -0.880. The first-order chi connectivity index (χ1) is 6.93. The summed E-state index contributed by atoms with van der Waals surface area (Å²) < 4.78 is 0. The Bertz CT molecular complexity index is 328. The first-order valence-electron chi connectivity index (χ1n) is 3.90. The summed E-state index contributed by atoms with van der Waals surface area (Å²) in [7, 11) is 0. The van der Waals surface area contributed by atoms with E-state index in [2.05, 4.69) is 17.5 Å². The molecule has 0 aromatic heterocycles. The van der Waals surface area contributed by atoms with Crippen LogP contribution < -0.4 is 11.1 Å². The molecule has 0 radical (unpaired) electrons. The van der Waals surface area contributed by atoms with Gasteiger partial charge < -0.3 is 16.5 Å². The molecule has 4 nitrogen and oxygen atoms in total. The van der Waals surface area contributed by atoms with Gasteiger partial charge in [-0.1, -0.05) is 35.3 Å². The monoisotopic (exact) mass is 282 g/mol. The minimum atomic E-state index is -0.229. The van der Waals surface area contributed by atoms with E-state index >= 15 is 0 Å². The molecule has 0 saturated heterocycles. The first kappa shape index (κ1) is 17.5. The average Bonchev–Trinajstić information content (AvgIpc) is 2.08. The number of amides is 1. The normalized spacial score (nSPS) is 7.94. The van der Waals surface area contributed by atoms with Gasteiger partial charge in [0.1, 0.15) is 0 Å². The summed E-state index contributed by atoms with van der Waals surface area (Å²) in [6.45, 7) is 1.35. The van der Waals surface area contributed by atoms with Gasteiger partial charge in [0.15, 0.2) is 5.11 Å². The summed E-state index contributed by atoms with van der Waals surface area (Å²) in [4.78, 5) is 9.98. The Balaban J connectivity index is 0. The Labute approximate surface area is 109 Å². The van der Waals surface area contributed by atoms with Crippen molar-refractivity contribution in [2.24, 2.45) is 5.73 Å². The highest BCUT2D eigenvalue weighted by Crippen LogP contribution is 2.19. The summed E-state index contributed by atoms with van der Waals surface area (Å²) in [6, 6.07) is 7.19. The Morgan fingerprint density at radius 3 is 1.81 bits per heavy atom. The second-order valence-electron chi connectivity index (χ2n) is 2.46. The molecule has 1 aromatic rings. The van der Waals surface area contributed by atoms with Crippen LogP contribution in [0.5, 0.6) is 0 Å². The zero-order chi connectivity index (χ0) is 11.8. The molecule has 0 fully saturated rings. The number of carbonyl (C=O) groups excluding carboxylic acids is 1. The highest BCUT2D eigenvalue weighted by atomic mass is 35.5. The van der Waals surface area contributed by atoms with Crippen LogP contribution >= 0.6 is 35.4 Å². The van der Waals surface area contributed by atoms with E-state index in [9.17, 15) is 4.79 Å². The fourth-order valence-electron chi connectivity index (χ4n) is 0.613. The van der Waals surface area contributed by atoms with Crippen molar-refractivity contribution >= 4 is 46.4 Å². The minimum absolute atomic E-state index is 0. The molecule has 5 N–H and O–H groups in total. The van der Waals surface area contributed by atoms with E-state index in [0.717, 1.165) is 0 Å². The summed E-state index contributed by atoms with van der Waals surface area (Å²) >= 11 is 15.5. The molecule has 0 aliphatic carbocycles. The lowest BCUT2D eigenvalue weighted by Crippen LogP contribution is -2.32. The smallest absolute Gasteiger partial charge is 0.222 e. The largest absolute Gasteiger partial charge is 0.412 e. The zero-order valence-corrected chi connectivity index (χ0v) is 10.8. The molecule has 0 spiro atoms. The van der Waals surface area contributed by atoms with Crippen molar-refractivity contribution in [3.05, 3.63) is 34.3 Å². The standard InChI is InChI=1S/C6H4Cl2.C3H6N2OS.H2O/c7-5-3-1-2-4-6(5)8;1-2(6)5-3(4)7;/h1-4H;1H3,(H3,4,5,6,7);1H2. The van der Waals surface area contributed by atoms with Gasteiger partial charge >= 0.3 is 0 Å². The maximum atomic E-state index is 9.98. The topological polar surface area (TPSA) is 86.6 Å². The molecule has 16 heavy (non-hydrogen) atoms. The third-order valence-corrected chi connectivity index (χ3v) is 1.98.